The van der Waals surface area contributed by atoms with Crippen molar-refractivity contribution in [1.82, 2.24) is 4.90 Å². The molecular formula is C11H14BrNOS. The molecule has 0 saturated carbocycles. The molecular weight excluding hydrogens is 274 g/mol. The molecule has 0 aromatic carbocycles. The molecule has 1 aromatic heterocycles. The molecule has 0 bridgehead atoms. The van der Waals surface area contributed by atoms with Crippen LogP contribution in [-0.4, -0.2) is 23.4 Å². The molecule has 2 rings (SSSR count). The van der Waals surface area contributed by atoms with Gasteiger partial charge in [-0.1, -0.05) is 0 Å². The van der Waals surface area contributed by atoms with E-state index in [0.29, 0.717) is 6.04 Å². The van der Waals surface area contributed by atoms with Crippen LogP contribution in [0.5, 0.6) is 0 Å². The van der Waals surface area contributed by atoms with Crippen LogP contribution in [0.2, 0.25) is 0 Å². The normalized spacial score (nSPS) is 21.7. The zero-order valence-corrected chi connectivity index (χ0v) is 11.1. The van der Waals surface area contributed by atoms with Gasteiger partial charge < -0.3 is 4.90 Å². The van der Waals surface area contributed by atoms with Crippen LogP contribution < -0.4 is 0 Å². The minimum Gasteiger partial charge on any atom is -0.335 e. The lowest BCUT2D eigenvalue weighted by atomic mass is 10.0. The number of likely N-dealkylation sites (tertiary alicyclic amines) is 1. The topological polar surface area (TPSA) is 20.3 Å². The van der Waals surface area contributed by atoms with E-state index in [9.17, 15) is 4.79 Å². The Morgan fingerprint density at radius 1 is 1.53 bits per heavy atom. The smallest absolute Gasteiger partial charge is 0.264 e. The van der Waals surface area contributed by atoms with Gasteiger partial charge in [0.15, 0.2) is 0 Å². The van der Waals surface area contributed by atoms with Crippen molar-refractivity contribution in [3.8, 4) is 0 Å². The number of thiophene rings is 1. The van der Waals surface area contributed by atoms with E-state index in [-0.39, 0.29) is 5.91 Å². The molecule has 82 valence electrons. The molecule has 1 aliphatic heterocycles. The molecule has 1 atom stereocenters. The maximum atomic E-state index is 12.1. The molecule has 1 fully saturated rings. The lowest BCUT2D eigenvalue weighted by Crippen LogP contribution is -2.41. The van der Waals surface area contributed by atoms with Gasteiger partial charge in [-0.25, -0.2) is 0 Å². The highest BCUT2D eigenvalue weighted by Gasteiger charge is 2.24. The van der Waals surface area contributed by atoms with E-state index >= 15 is 0 Å². The maximum absolute atomic E-state index is 12.1. The average molecular weight is 288 g/mol. The van der Waals surface area contributed by atoms with Crippen molar-refractivity contribution in [3.05, 3.63) is 20.8 Å². The Labute approximate surface area is 102 Å². The minimum absolute atomic E-state index is 0.193. The predicted octanol–water partition coefficient (Wildman–Crippen LogP) is 3.53. The SMILES string of the molecule is C[C@@H]1CCCCN1C(=O)c1ccc(Br)s1. The molecule has 2 nitrogen and oxygen atoms in total. The van der Waals surface area contributed by atoms with E-state index in [1.807, 2.05) is 17.0 Å². The maximum Gasteiger partial charge on any atom is 0.264 e. The molecule has 0 unspecified atom stereocenters. The summed E-state index contributed by atoms with van der Waals surface area (Å²) in [6.45, 7) is 3.05. The summed E-state index contributed by atoms with van der Waals surface area (Å²) in [5.41, 5.74) is 0. The van der Waals surface area contributed by atoms with Gasteiger partial charge in [-0.05, 0) is 54.2 Å². The van der Waals surface area contributed by atoms with Crippen LogP contribution in [0, 0.1) is 0 Å². The van der Waals surface area contributed by atoms with Gasteiger partial charge in [0.05, 0.1) is 8.66 Å². The molecule has 1 amide bonds. The van der Waals surface area contributed by atoms with Crippen LogP contribution in [-0.2, 0) is 0 Å². The molecule has 0 aliphatic carbocycles. The zero-order valence-electron chi connectivity index (χ0n) is 8.70. The fourth-order valence-corrected chi connectivity index (χ4v) is 3.31. The summed E-state index contributed by atoms with van der Waals surface area (Å²) >= 11 is 4.90. The fourth-order valence-electron chi connectivity index (χ4n) is 1.97. The van der Waals surface area contributed by atoms with E-state index in [4.69, 9.17) is 0 Å². The number of carbonyl (C=O) groups is 1. The number of nitrogens with zero attached hydrogens (tertiary/aromatic N) is 1. The van der Waals surface area contributed by atoms with Gasteiger partial charge >= 0.3 is 0 Å². The average Bonchev–Trinajstić information content (AvgIpc) is 2.65. The Kier molecular flexibility index (Phi) is 3.46. The minimum atomic E-state index is 0.193. The lowest BCUT2D eigenvalue weighted by Gasteiger charge is -2.33. The summed E-state index contributed by atoms with van der Waals surface area (Å²) in [5.74, 6) is 0.193. The highest BCUT2D eigenvalue weighted by Crippen LogP contribution is 2.26. The van der Waals surface area contributed by atoms with Crippen molar-refractivity contribution >= 4 is 33.2 Å². The highest BCUT2D eigenvalue weighted by atomic mass is 79.9. The van der Waals surface area contributed by atoms with Gasteiger partial charge in [-0.2, -0.15) is 0 Å². The second kappa shape index (κ2) is 4.66. The third-order valence-corrected chi connectivity index (χ3v) is 4.46. The molecule has 4 heteroatoms. The molecule has 0 N–H and O–H groups in total. The van der Waals surface area contributed by atoms with Gasteiger partial charge in [0.1, 0.15) is 0 Å². The molecule has 0 radical (unpaired) electrons. The summed E-state index contributed by atoms with van der Waals surface area (Å²) in [5, 5.41) is 0. The predicted molar refractivity (Wildman–Crippen MR) is 66.4 cm³/mol. The monoisotopic (exact) mass is 287 g/mol. The van der Waals surface area contributed by atoms with E-state index < -0.39 is 0 Å². The number of carbonyl (C=O) groups excluding carboxylic acids is 1. The highest BCUT2D eigenvalue weighted by molar-refractivity contribution is 9.11. The lowest BCUT2D eigenvalue weighted by molar-refractivity contribution is 0.0640. The Bertz CT molecular complexity index is 363. The van der Waals surface area contributed by atoms with Crippen molar-refractivity contribution in [2.75, 3.05) is 6.54 Å². The van der Waals surface area contributed by atoms with E-state index in [0.717, 1.165) is 28.0 Å². The van der Waals surface area contributed by atoms with Crippen molar-refractivity contribution in [2.24, 2.45) is 0 Å². The Balaban J connectivity index is 2.13. The molecule has 0 spiro atoms. The third kappa shape index (κ3) is 2.42. The van der Waals surface area contributed by atoms with Gasteiger partial charge in [-0.3, -0.25) is 4.79 Å². The molecule has 1 saturated heterocycles. The first-order valence-corrected chi connectivity index (χ1v) is 6.86. The summed E-state index contributed by atoms with van der Waals surface area (Å²) in [6.07, 6.45) is 3.53. The quantitative estimate of drug-likeness (QED) is 0.774. The first kappa shape index (κ1) is 11.1. The van der Waals surface area contributed by atoms with E-state index in [1.54, 1.807) is 0 Å². The van der Waals surface area contributed by atoms with E-state index in [1.165, 1.54) is 17.8 Å². The number of rotatable bonds is 1. The van der Waals surface area contributed by atoms with Crippen LogP contribution in [0.1, 0.15) is 35.9 Å². The summed E-state index contributed by atoms with van der Waals surface area (Å²) in [6, 6.07) is 4.23. The first-order valence-electron chi connectivity index (χ1n) is 5.25. The molecule has 2 heterocycles. The first-order chi connectivity index (χ1) is 7.18. The van der Waals surface area contributed by atoms with Gasteiger partial charge in [0.25, 0.3) is 5.91 Å². The van der Waals surface area contributed by atoms with Crippen molar-refractivity contribution in [3.63, 3.8) is 0 Å². The van der Waals surface area contributed by atoms with Crippen molar-refractivity contribution in [2.45, 2.75) is 32.2 Å². The second-order valence-corrected chi connectivity index (χ2v) is 6.41. The summed E-state index contributed by atoms with van der Waals surface area (Å²) < 4.78 is 1.02. The number of hydrogen-bond acceptors (Lipinski definition) is 2. The summed E-state index contributed by atoms with van der Waals surface area (Å²) in [4.78, 5) is 15.0. The Hall–Kier alpha value is -0.350. The number of halogens is 1. The van der Waals surface area contributed by atoms with Crippen molar-refractivity contribution < 1.29 is 4.79 Å². The van der Waals surface area contributed by atoms with Crippen LogP contribution in [0.25, 0.3) is 0 Å². The van der Waals surface area contributed by atoms with Crippen LogP contribution in [0.4, 0.5) is 0 Å². The number of hydrogen-bond donors (Lipinski definition) is 0. The molecule has 1 aromatic rings. The Morgan fingerprint density at radius 2 is 2.33 bits per heavy atom. The zero-order chi connectivity index (χ0) is 10.8. The van der Waals surface area contributed by atoms with Crippen molar-refractivity contribution in [1.29, 1.82) is 0 Å². The molecule has 1 aliphatic rings. The largest absolute Gasteiger partial charge is 0.335 e. The van der Waals surface area contributed by atoms with Gasteiger partial charge in [-0.15, -0.1) is 11.3 Å². The van der Waals surface area contributed by atoms with Gasteiger partial charge in [0.2, 0.25) is 0 Å². The Morgan fingerprint density at radius 3 is 2.93 bits per heavy atom. The number of amides is 1. The second-order valence-electron chi connectivity index (χ2n) is 3.95. The fraction of sp³-hybridized carbons (Fsp3) is 0.545. The van der Waals surface area contributed by atoms with Crippen LogP contribution in [0.3, 0.4) is 0 Å². The van der Waals surface area contributed by atoms with Crippen LogP contribution >= 0.6 is 27.3 Å². The number of piperidine rings is 1. The third-order valence-electron chi connectivity index (χ3n) is 2.85. The summed E-state index contributed by atoms with van der Waals surface area (Å²) in [7, 11) is 0. The van der Waals surface area contributed by atoms with E-state index in [2.05, 4.69) is 22.9 Å². The van der Waals surface area contributed by atoms with Gasteiger partial charge in [0, 0.05) is 12.6 Å². The molecule has 15 heavy (non-hydrogen) atoms. The van der Waals surface area contributed by atoms with Crippen LogP contribution in [0.15, 0.2) is 15.9 Å². The standard InChI is InChI=1S/C11H14BrNOS/c1-8-4-2-3-7-13(8)11(14)9-5-6-10(12)15-9/h5-6,8H,2-4,7H2,1H3/t8-/m1/s1.